The van der Waals surface area contributed by atoms with E-state index in [1.807, 2.05) is 31.2 Å². The van der Waals surface area contributed by atoms with Gasteiger partial charge in [0.05, 0.1) is 24.0 Å². The first-order valence-electron chi connectivity index (χ1n) is 5.86. The zero-order valence-electron chi connectivity index (χ0n) is 10.8. The van der Waals surface area contributed by atoms with Crippen LogP contribution in [0.2, 0.25) is 0 Å². The summed E-state index contributed by atoms with van der Waals surface area (Å²) in [5, 5.41) is 8.25. The highest BCUT2D eigenvalue weighted by atomic mass is 16.5. The van der Waals surface area contributed by atoms with Crippen molar-refractivity contribution in [1.29, 1.82) is 0 Å². The van der Waals surface area contributed by atoms with Gasteiger partial charge in [0.2, 0.25) is 0 Å². The highest BCUT2D eigenvalue weighted by molar-refractivity contribution is 5.90. The first-order valence-corrected chi connectivity index (χ1v) is 5.86. The molecular weight excluding hydrogens is 240 g/mol. The van der Waals surface area contributed by atoms with E-state index in [9.17, 15) is 4.79 Å². The lowest BCUT2D eigenvalue weighted by molar-refractivity contribution is 0.0601. The molecule has 0 bridgehead atoms. The summed E-state index contributed by atoms with van der Waals surface area (Å²) < 4.78 is 4.66. The molecule has 0 atom stereocenters. The summed E-state index contributed by atoms with van der Waals surface area (Å²) in [5.41, 5.74) is 2.98. The molecule has 2 rings (SSSR count). The first kappa shape index (κ1) is 13.0. The Bertz CT molecular complexity index is 621. The van der Waals surface area contributed by atoms with Crippen LogP contribution in [0.1, 0.15) is 15.9 Å². The Morgan fingerprint density at radius 3 is 2.26 bits per heavy atom. The number of azo groups is 1. The van der Waals surface area contributed by atoms with Crippen molar-refractivity contribution in [3.63, 3.8) is 0 Å². The van der Waals surface area contributed by atoms with Gasteiger partial charge in [-0.25, -0.2) is 4.79 Å². The predicted octanol–water partition coefficient (Wildman–Crippen LogP) is 4.20. The zero-order valence-corrected chi connectivity index (χ0v) is 10.8. The average Bonchev–Trinajstić information content (AvgIpc) is 2.45. The molecule has 0 saturated carbocycles. The van der Waals surface area contributed by atoms with Gasteiger partial charge >= 0.3 is 5.97 Å². The van der Waals surface area contributed by atoms with Gasteiger partial charge < -0.3 is 4.74 Å². The van der Waals surface area contributed by atoms with E-state index in [0.717, 1.165) is 11.3 Å². The van der Waals surface area contributed by atoms with Gasteiger partial charge in [-0.2, -0.15) is 10.2 Å². The summed E-state index contributed by atoms with van der Waals surface area (Å²) in [7, 11) is 1.35. The molecule has 0 saturated heterocycles. The Hall–Kier alpha value is -2.49. The van der Waals surface area contributed by atoms with E-state index >= 15 is 0 Å². The number of nitrogens with zero attached hydrogens (tertiary/aromatic N) is 2. The summed E-state index contributed by atoms with van der Waals surface area (Å²) >= 11 is 0. The van der Waals surface area contributed by atoms with E-state index in [1.54, 1.807) is 24.3 Å². The number of esters is 1. The Morgan fingerprint density at radius 2 is 1.63 bits per heavy atom. The maximum atomic E-state index is 11.4. The molecule has 0 unspecified atom stereocenters. The fourth-order valence-corrected chi connectivity index (χ4v) is 1.62. The van der Waals surface area contributed by atoms with Crippen LogP contribution in [0.15, 0.2) is 58.8 Å². The molecule has 0 aliphatic carbocycles. The van der Waals surface area contributed by atoms with E-state index in [4.69, 9.17) is 0 Å². The highest BCUT2D eigenvalue weighted by Gasteiger charge is 2.04. The number of benzene rings is 2. The summed E-state index contributed by atoms with van der Waals surface area (Å²) in [6.07, 6.45) is 0. The number of hydrogen-bond acceptors (Lipinski definition) is 4. The van der Waals surface area contributed by atoms with Crippen molar-refractivity contribution in [3.05, 3.63) is 59.7 Å². The lowest BCUT2D eigenvalue weighted by atomic mass is 10.2. The van der Waals surface area contributed by atoms with E-state index in [2.05, 4.69) is 15.0 Å². The van der Waals surface area contributed by atoms with Crippen LogP contribution >= 0.6 is 0 Å². The van der Waals surface area contributed by atoms with Crippen molar-refractivity contribution in [2.24, 2.45) is 10.2 Å². The molecule has 0 aliphatic heterocycles. The van der Waals surface area contributed by atoms with Gasteiger partial charge in [0.25, 0.3) is 0 Å². The summed E-state index contributed by atoms with van der Waals surface area (Å²) in [6.45, 7) is 2.00. The smallest absolute Gasteiger partial charge is 0.337 e. The molecule has 0 aromatic heterocycles. The first-order chi connectivity index (χ1) is 9.19. The Labute approximate surface area is 111 Å². The fourth-order valence-electron chi connectivity index (χ4n) is 1.62. The van der Waals surface area contributed by atoms with Crippen LogP contribution in [-0.4, -0.2) is 13.1 Å². The molecule has 0 amide bonds. The Balaban J connectivity index is 2.21. The third-order valence-corrected chi connectivity index (χ3v) is 2.55. The number of aryl methyl sites for hydroxylation is 1. The third kappa shape index (κ3) is 3.48. The van der Waals surface area contributed by atoms with Crippen LogP contribution in [0.25, 0.3) is 0 Å². The van der Waals surface area contributed by atoms with Crippen LogP contribution < -0.4 is 0 Å². The maximum Gasteiger partial charge on any atom is 0.337 e. The molecule has 4 nitrogen and oxygen atoms in total. The van der Waals surface area contributed by atoms with Gasteiger partial charge in [-0.15, -0.1) is 0 Å². The van der Waals surface area contributed by atoms with E-state index in [-0.39, 0.29) is 5.97 Å². The second-order valence-electron chi connectivity index (χ2n) is 4.08. The van der Waals surface area contributed by atoms with Gasteiger partial charge in [-0.05, 0) is 42.8 Å². The minimum Gasteiger partial charge on any atom is -0.465 e. The normalized spacial score (nSPS) is 10.6. The quantitative estimate of drug-likeness (QED) is 0.609. The number of methoxy groups -OCH3 is 1. The SMILES string of the molecule is COC(=O)c1cccc(N=Nc2cccc(C)c2)c1. The maximum absolute atomic E-state index is 11.4. The molecule has 0 N–H and O–H groups in total. The van der Waals surface area contributed by atoms with Crippen LogP contribution in [-0.2, 0) is 4.74 Å². The molecule has 0 heterocycles. The van der Waals surface area contributed by atoms with Gasteiger partial charge in [-0.3, -0.25) is 0 Å². The summed E-state index contributed by atoms with van der Waals surface area (Å²) in [4.78, 5) is 11.4. The Kier molecular flexibility index (Phi) is 4.03. The third-order valence-electron chi connectivity index (χ3n) is 2.55. The predicted molar refractivity (Wildman–Crippen MR) is 73.1 cm³/mol. The minimum absolute atomic E-state index is 0.382. The standard InChI is InChI=1S/C15H14N2O2/c1-11-5-3-7-13(9-11)16-17-14-8-4-6-12(10-14)15(18)19-2/h3-10H,1-2H3. The fraction of sp³-hybridized carbons (Fsp3) is 0.133. The molecular formula is C15H14N2O2. The molecule has 2 aromatic rings. The van der Waals surface area contributed by atoms with Crippen LogP contribution in [0.5, 0.6) is 0 Å². The molecule has 0 fully saturated rings. The van der Waals surface area contributed by atoms with Crippen molar-refractivity contribution in [2.75, 3.05) is 7.11 Å². The molecule has 4 heteroatoms. The number of ether oxygens (including phenoxy) is 1. The lowest BCUT2D eigenvalue weighted by Crippen LogP contribution is -1.99. The number of carbonyl (C=O) groups excluding carboxylic acids is 1. The second kappa shape index (κ2) is 5.91. The zero-order chi connectivity index (χ0) is 13.7. The Morgan fingerprint density at radius 1 is 1.00 bits per heavy atom. The van der Waals surface area contributed by atoms with Crippen molar-refractivity contribution < 1.29 is 9.53 Å². The van der Waals surface area contributed by atoms with Crippen LogP contribution in [0.4, 0.5) is 11.4 Å². The second-order valence-corrected chi connectivity index (χ2v) is 4.08. The van der Waals surface area contributed by atoms with E-state index < -0.39 is 0 Å². The molecule has 19 heavy (non-hydrogen) atoms. The van der Waals surface area contributed by atoms with Gasteiger partial charge in [0, 0.05) is 0 Å². The van der Waals surface area contributed by atoms with Crippen LogP contribution in [0, 0.1) is 6.92 Å². The van der Waals surface area contributed by atoms with Crippen LogP contribution in [0.3, 0.4) is 0 Å². The lowest BCUT2D eigenvalue weighted by Gasteiger charge is -1.99. The number of hydrogen-bond donors (Lipinski definition) is 0. The minimum atomic E-state index is -0.382. The number of carbonyl (C=O) groups is 1. The average molecular weight is 254 g/mol. The van der Waals surface area contributed by atoms with E-state index in [0.29, 0.717) is 11.3 Å². The topological polar surface area (TPSA) is 51.0 Å². The largest absolute Gasteiger partial charge is 0.465 e. The summed E-state index contributed by atoms with van der Waals surface area (Å²) in [6, 6.07) is 14.6. The summed E-state index contributed by atoms with van der Waals surface area (Å²) in [5.74, 6) is -0.382. The van der Waals surface area contributed by atoms with E-state index in [1.165, 1.54) is 7.11 Å². The van der Waals surface area contributed by atoms with Gasteiger partial charge in [-0.1, -0.05) is 18.2 Å². The molecule has 2 aromatic carbocycles. The monoisotopic (exact) mass is 254 g/mol. The van der Waals surface area contributed by atoms with Crippen molar-refractivity contribution in [2.45, 2.75) is 6.92 Å². The van der Waals surface area contributed by atoms with Gasteiger partial charge in [0.15, 0.2) is 0 Å². The molecule has 96 valence electrons. The van der Waals surface area contributed by atoms with Crippen molar-refractivity contribution in [3.8, 4) is 0 Å². The van der Waals surface area contributed by atoms with Gasteiger partial charge in [0.1, 0.15) is 0 Å². The highest BCUT2D eigenvalue weighted by Crippen LogP contribution is 2.20. The molecule has 0 radical (unpaired) electrons. The molecule has 0 aliphatic rings. The van der Waals surface area contributed by atoms with Crippen molar-refractivity contribution in [1.82, 2.24) is 0 Å². The molecule has 0 spiro atoms. The van der Waals surface area contributed by atoms with Crippen molar-refractivity contribution >= 4 is 17.3 Å². The number of rotatable bonds is 3.